The lowest BCUT2D eigenvalue weighted by molar-refractivity contribution is -0.113. The Labute approximate surface area is 181 Å². The predicted molar refractivity (Wildman–Crippen MR) is 114 cm³/mol. The maximum absolute atomic E-state index is 14.0. The molecular formula is C21H18F2N6OS. The van der Waals surface area contributed by atoms with Crippen LogP contribution in [-0.4, -0.2) is 36.2 Å². The van der Waals surface area contributed by atoms with Crippen molar-refractivity contribution in [2.24, 2.45) is 7.05 Å². The molecule has 0 aliphatic carbocycles. The van der Waals surface area contributed by atoms with Crippen LogP contribution in [0.3, 0.4) is 0 Å². The number of hydrogen-bond donors (Lipinski definition) is 1. The number of nitrogens with one attached hydrogen (secondary N) is 1. The number of halogens is 2. The van der Waals surface area contributed by atoms with Crippen molar-refractivity contribution in [2.75, 3.05) is 11.1 Å². The summed E-state index contributed by atoms with van der Waals surface area (Å²) in [7, 11) is 1.72. The summed E-state index contributed by atoms with van der Waals surface area (Å²) >= 11 is 1.18. The molecule has 0 aliphatic heterocycles. The Balaban J connectivity index is 1.45. The lowest BCUT2D eigenvalue weighted by atomic mass is 10.2. The molecular weight excluding hydrogens is 422 g/mol. The normalized spacial score (nSPS) is 11.0. The number of anilines is 1. The van der Waals surface area contributed by atoms with Gasteiger partial charge in [-0.25, -0.2) is 13.5 Å². The number of thioether (sulfide) groups is 1. The maximum Gasteiger partial charge on any atom is 0.236 e. The highest BCUT2D eigenvalue weighted by molar-refractivity contribution is 7.99. The van der Waals surface area contributed by atoms with E-state index in [1.165, 1.54) is 34.6 Å². The van der Waals surface area contributed by atoms with Crippen LogP contribution in [0.25, 0.3) is 17.1 Å². The van der Waals surface area contributed by atoms with Crippen LogP contribution in [0, 0.1) is 18.6 Å². The fourth-order valence-electron chi connectivity index (χ4n) is 2.99. The van der Waals surface area contributed by atoms with E-state index in [1.807, 2.05) is 0 Å². The number of rotatable bonds is 6. The van der Waals surface area contributed by atoms with Crippen molar-refractivity contribution in [3.05, 3.63) is 71.9 Å². The first-order valence-electron chi connectivity index (χ1n) is 9.32. The molecule has 7 nitrogen and oxygen atoms in total. The molecule has 4 rings (SSSR count). The third-order valence-electron chi connectivity index (χ3n) is 4.45. The fourth-order valence-corrected chi connectivity index (χ4v) is 3.71. The smallest absolute Gasteiger partial charge is 0.236 e. The molecule has 2 aromatic heterocycles. The van der Waals surface area contributed by atoms with Crippen molar-refractivity contribution in [2.45, 2.75) is 12.1 Å². The van der Waals surface area contributed by atoms with Gasteiger partial charge >= 0.3 is 0 Å². The van der Waals surface area contributed by atoms with Crippen molar-refractivity contribution in [1.82, 2.24) is 24.5 Å². The monoisotopic (exact) mass is 440 g/mol. The number of hydrogen-bond acceptors (Lipinski definition) is 5. The standard InChI is InChI=1S/C21H18F2N6OS/c1-13-11-18(29(27-13)15-9-7-14(22)8-10-15)24-19(30)12-31-21-26-25-20(28(21)2)16-5-3-4-6-17(16)23/h3-11H,12H2,1-2H3,(H,24,30). The van der Waals surface area contributed by atoms with Crippen molar-refractivity contribution >= 4 is 23.5 Å². The summed E-state index contributed by atoms with van der Waals surface area (Å²) in [6, 6.07) is 13.9. The van der Waals surface area contributed by atoms with Crippen LogP contribution in [0.1, 0.15) is 5.69 Å². The van der Waals surface area contributed by atoms with Crippen LogP contribution >= 0.6 is 11.8 Å². The van der Waals surface area contributed by atoms with E-state index in [0.717, 1.165) is 0 Å². The van der Waals surface area contributed by atoms with Crippen LogP contribution in [0.2, 0.25) is 0 Å². The largest absolute Gasteiger partial charge is 0.310 e. The Morgan fingerprint density at radius 1 is 1.10 bits per heavy atom. The number of carbonyl (C=O) groups is 1. The average molecular weight is 440 g/mol. The van der Waals surface area contributed by atoms with Gasteiger partial charge in [0.2, 0.25) is 5.91 Å². The first-order chi connectivity index (χ1) is 14.9. The van der Waals surface area contributed by atoms with Gasteiger partial charge in [-0.3, -0.25) is 4.79 Å². The van der Waals surface area contributed by atoms with Crippen molar-refractivity contribution in [1.29, 1.82) is 0 Å². The Morgan fingerprint density at radius 3 is 2.58 bits per heavy atom. The number of amides is 1. The van der Waals surface area contributed by atoms with E-state index in [9.17, 15) is 13.6 Å². The second-order valence-corrected chi connectivity index (χ2v) is 7.68. The van der Waals surface area contributed by atoms with E-state index < -0.39 is 5.82 Å². The third-order valence-corrected chi connectivity index (χ3v) is 5.47. The highest BCUT2D eigenvalue weighted by Gasteiger charge is 2.16. The molecule has 0 fully saturated rings. The van der Waals surface area contributed by atoms with Crippen LogP contribution < -0.4 is 5.32 Å². The Kier molecular flexibility index (Phi) is 5.81. The molecule has 158 valence electrons. The first-order valence-corrected chi connectivity index (χ1v) is 10.3. The minimum Gasteiger partial charge on any atom is -0.310 e. The average Bonchev–Trinajstić information content (AvgIpc) is 3.29. The van der Waals surface area contributed by atoms with E-state index in [4.69, 9.17) is 0 Å². The predicted octanol–water partition coefficient (Wildman–Crippen LogP) is 3.99. The third kappa shape index (κ3) is 4.48. The zero-order valence-corrected chi connectivity index (χ0v) is 17.5. The zero-order chi connectivity index (χ0) is 22.0. The molecule has 0 aliphatic rings. The van der Waals surface area contributed by atoms with Crippen LogP contribution in [0.5, 0.6) is 0 Å². The molecule has 0 saturated heterocycles. The van der Waals surface area contributed by atoms with Gasteiger partial charge in [-0.05, 0) is 43.3 Å². The Hall–Kier alpha value is -3.53. The molecule has 2 aromatic carbocycles. The van der Waals surface area contributed by atoms with Crippen molar-refractivity contribution in [3.63, 3.8) is 0 Å². The molecule has 0 atom stereocenters. The van der Waals surface area contributed by atoms with E-state index in [0.29, 0.717) is 33.7 Å². The van der Waals surface area contributed by atoms with Gasteiger partial charge in [0.25, 0.3) is 0 Å². The highest BCUT2D eigenvalue weighted by atomic mass is 32.2. The number of nitrogens with zero attached hydrogens (tertiary/aromatic N) is 5. The molecule has 0 saturated carbocycles. The summed E-state index contributed by atoms with van der Waals surface area (Å²) in [4.78, 5) is 12.5. The molecule has 0 unspecified atom stereocenters. The summed E-state index contributed by atoms with van der Waals surface area (Å²) in [5.41, 5.74) is 1.67. The summed E-state index contributed by atoms with van der Waals surface area (Å²) in [5.74, 6) is -0.101. The number of benzene rings is 2. The second-order valence-electron chi connectivity index (χ2n) is 6.74. The molecule has 4 aromatic rings. The van der Waals surface area contributed by atoms with E-state index in [-0.39, 0.29) is 17.5 Å². The lowest BCUT2D eigenvalue weighted by Crippen LogP contribution is -2.17. The number of aryl methyl sites for hydroxylation is 1. The molecule has 2 heterocycles. The molecule has 0 bridgehead atoms. The molecule has 1 amide bonds. The number of aromatic nitrogens is 5. The van der Waals surface area contributed by atoms with E-state index in [1.54, 1.807) is 54.9 Å². The minimum absolute atomic E-state index is 0.0664. The van der Waals surface area contributed by atoms with Crippen LogP contribution in [0.4, 0.5) is 14.6 Å². The minimum atomic E-state index is -0.392. The van der Waals surface area contributed by atoms with Gasteiger partial charge in [0.1, 0.15) is 17.5 Å². The quantitative estimate of drug-likeness (QED) is 0.459. The highest BCUT2D eigenvalue weighted by Crippen LogP contribution is 2.25. The van der Waals surface area contributed by atoms with Gasteiger partial charge in [0.15, 0.2) is 11.0 Å². The lowest BCUT2D eigenvalue weighted by Gasteiger charge is -2.09. The molecule has 10 heteroatoms. The molecule has 31 heavy (non-hydrogen) atoms. The second kappa shape index (κ2) is 8.68. The van der Waals surface area contributed by atoms with Crippen LogP contribution in [-0.2, 0) is 11.8 Å². The van der Waals surface area contributed by atoms with Gasteiger partial charge in [0.05, 0.1) is 22.7 Å². The van der Waals surface area contributed by atoms with Gasteiger partial charge in [-0.1, -0.05) is 23.9 Å². The van der Waals surface area contributed by atoms with E-state index in [2.05, 4.69) is 20.6 Å². The molecule has 0 radical (unpaired) electrons. The SMILES string of the molecule is Cc1cc(NC(=O)CSc2nnc(-c3ccccc3F)n2C)n(-c2ccc(F)cc2)n1. The molecule has 0 spiro atoms. The first kappa shape index (κ1) is 20.7. The summed E-state index contributed by atoms with van der Waals surface area (Å²) in [6.45, 7) is 1.80. The van der Waals surface area contributed by atoms with E-state index >= 15 is 0 Å². The van der Waals surface area contributed by atoms with Gasteiger partial charge in [-0.2, -0.15) is 5.10 Å². The van der Waals surface area contributed by atoms with Gasteiger partial charge in [0, 0.05) is 13.1 Å². The molecule has 1 N–H and O–H groups in total. The van der Waals surface area contributed by atoms with Crippen molar-refractivity contribution in [3.8, 4) is 17.1 Å². The van der Waals surface area contributed by atoms with Gasteiger partial charge in [-0.15, -0.1) is 10.2 Å². The topological polar surface area (TPSA) is 77.6 Å². The van der Waals surface area contributed by atoms with Crippen molar-refractivity contribution < 1.29 is 13.6 Å². The number of carbonyl (C=O) groups excluding carboxylic acids is 1. The Bertz CT molecular complexity index is 1240. The summed E-state index contributed by atoms with van der Waals surface area (Å²) < 4.78 is 30.4. The fraction of sp³-hybridized carbons (Fsp3) is 0.143. The van der Waals surface area contributed by atoms with Crippen LogP contribution in [0.15, 0.2) is 59.8 Å². The summed E-state index contributed by atoms with van der Waals surface area (Å²) in [6.07, 6.45) is 0. The summed E-state index contributed by atoms with van der Waals surface area (Å²) in [5, 5.41) is 15.8. The van der Waals surface area contributed by atoms with Gasteiger partial charge < -0.3 is 9.88 Å². The zero-order valence-electron chi connectivity index (χ0n) is 16.7. The Morgan fingerprint density at radius 2 is 1.84 bits per heavy atom. The maximum atomic E-state index is 14.0.